The third kappa shape index (κ3) is 7.38. The molecule has 1 aliphatic carbocycles. The number of methoxy groups -OCH3 is 1. The van der Waals surface area contributed by atoms with Crippen molar-refractivity contribution in [2.45, 2.75) is 58.7 Å². The molecule has 1 unspecified atom stereocenters. The van der Waals surface area contributed by atoms with Crippen molar-refractivity contribution in [3.8, 4) is 11.6 Å². The summed E-state index contributed by atoms with van der Waals surface area (Å²) in [5.41, 5.74) is 6.93. The molecule has 0 amide bonds. The monoisotopic (exact) mass is 572 g/mol. The van der Waals surface area contributed by atoms with Gasteiger partial charge in [-0.05, 0) is 44.7 Å². The zero-order chi connectivity index (χ0) is 28.9. The summed E-state index contributed by atoms with van der Waals surface area (Å²) in [4.78, 5) is 25.7. The molecule has 216 valence electrons. The number of nitrogen functional groups attached to an aromatic ring is 1. The number of rotatable bonds is 13. The Kier molecular flexibility index (Phi) is 9.44. The highest BCUT2D eigenvalue weighted by molar-refractivity contribution is 7.52. The lowest BCUT2D eigenvalue weighted by atomic mass is 10.0. The number of ether oxygens (including phenoxy) is 2. The zero-order valence-electron chi connectivity index (χ0n) is 23.4. The number of aromatic nitrogens is 4. The number of nitrogens with two attached hydrogens (primary N) is 1. The van der Waals surface area contributed by atoms with Crippen LogP contribution in [0.15, 0.2) is 48.8 Å². The summed E-state index contributed by atoms with van der Waals surface area (Å²) in [5, 5.41) is 2.87. The molecule has 0 aliphatic heterocycles. The van der Waals surface area contributed by atoms with Gasteiger partial charge in [-0.15, -0.1) is 0 Å². The van der Waals surface area contributed by atoms with Crippen molar-refractivity contribution in [2.75, 3.05) is 19.5 Å². The third-order valence-electron chi connectivity index (χ3n) is 6.19. The minimum Gasteiger partial charge on any atom is -0.479 e. The van der Waals surface area contributed by atoms with Gasteiger partial charge in [-0.2, -0.15) is 15.1 Å². The van der Waals surface area contributed by atoms with Gasteiger partial charge in [0, 0.05) is 5.92 Å². The van der Waals surface area contributed by atoms with E-state index in [0.29, 0.717) is 35.6 Å². The van der Waals surface area contributed by atoms with E-state index >= 15 is 0 Å². The van der Waals surface area contributed by atoms with Gasteiger partial charge in [0.05, 0.1) is 32.2 Å². The van der Waals surface area contributed by atoms with Crippen LogP contribution >= 0.6 is 7.75 Å². The van der Waals surface area contributed by atoms with E-state index < -0.39 is 19.8 Å². The van der Waals surface area contributed by atoms with Gasteiger partial charge >= 0.3 is 13.7 Å². The number of benzene rings is 1. The molecule has 4 atom stereocenters. The molecule has 12 nitrogen and oxygen atoms in total. The summed E-state index contributed by atoms with van der Waals surface area (Å²) >= 11 is 0. The second kappa shape index (κ2) is 12.8. The molecule has 0 saturated carbocycles. The second-order valence-corrected chi connectivity index (χ2v) is 12.1. The zero-order valence-corrected chi connectivity index (χ0v) is 24.3. The Morgan fingerprint density at radius 1 is 1.18 bits per heavy atom. The molecule has 0 spiro atoms. The normalized spacial score (nSPS) is 19.2. The maximum atomic E-state index is 14.1. The first-order valence-electron chi connectivity index (χ1n) is 13.3. The van der Waals surface area contributed by atoms with E-state index in [9.17, 15) is 9.36 Å². The molecule has 2 heterocycles. The number of carbonyl (C=O) groups is 1. The SMILES string of the molecule is COc1nc(N)nc2c1ncn2[C@H]1C=C[C@@H](COP(=O)(N[C@@H](CC(C)C)C(=O)OC(C)C)Oc2ccccc2)C1. The molecule has 1 aromatic carbocycles. The molecular formula is C27H37N6O6P. The maximum absolute atomic E-state index is 14.1. The average molecular weight is 573 g/mol. The number of hydrogen-bond donors (Lipinski definition) is 2. The fourth-order valence-corrected chi connectivity index (χ4v) is 6.02. The number of carbonyl (C=O) groups excluding carboxylic acids is 1. The van der Waals surface area contributed by atoms with Crippen LogP contribution in [0.2, 0.25) is 0 Å². The number of anilines is 1. The summed E-state index contributed by atoms with van der Waals surface area (Å²) in [6, 6.07) is 7.76. The van der Waals surface area contributed by atoms with E-state index in [0.717, 1.165) is 0 Å². The van der Waals surface area contributed by atoms with E-state index in [4.69, 9.17) is 24.3 Å². The number of imidazole rings is 1. The summed E-state index contributed by atoms with van der Waals surface area (Å²) in [5.74, 6) is 0.278. The summed E-state index contributed by atoms with van der Waals surface area (Å²) in [6.45, 7) is 7.56. The van der Waals surface area contributed by atoms with E-state index in [1.54, 1.807) is 44.4 Å². The van der Waals surface area contributed by atoms with E-state index in [-0.39, 0.29) is 36.5 Å². The molecule has 0 saturated heterocycles. The number of allylic oxidation sites excluding steroid dienone is 1. The first kappa shape index (κ1) is 29.5. The minimum atomic E-state index is -4.00. The van der Waals surface area contributed by atoms with Crippen LogP contribution in [0.5, 0.6) is 11.6 Å². The van der Waals surface area contributed by atoms with E-state index in [2.05, 4.69) is 20.0 Å². The lowest BCUT2D eigenvalue weighted by Crippen LogP contribution is -2.39. The fourth-order valence-electron chi connectivity index (χ4n) is 4.46. The first-order chi connectivity index (χ1) is 19.1. The van der Waals surface area contributed by atoms with Crippen molar-refractivity contribution >= 4 is 30.8 Å². The molecule has 2 aromatic heterocycles. The topological polar surface area (TPSA) is 153 Å². The van der Waals surface area contributed by atoms with Crippen molar-refractivity contribution in [3.05, 3.63) is 48.8 Å². The summed E-state index contributed by atoms with van der Waals surface area (Å²) in [7, 11) is -2.50. The molecule has 13 heteroatoms. The van der Waals surface area contributed by atoms with Crippen LogP contribution in [0.4, 0.5) is 5.95 Å². The largest absolute Gasteiger partial charge is 0.479 e. The standard InChI is InChI=1S/C27H37N6O6P/c1-17(2)13-22(26(34)38-18(3)4)32-40(35,39-21-9-7-6-8-10-21)37-15-19-11-12-20(14-19)33-16-29-23-24(33)30-27(28)31-25(23)36-5/h6-12,16-20,22H,13-15H2,1-5H3,(H,32,35)(H2,28,30,31)/t19-,20+,22+,40?/m1/s1. The van der Waals surface area contributed by atoms with Crippen LogP contribution in [0.25, 0.3) is 11.2 Å². The van der Waals surface area contributed by atoms with Gasteiger partial charge in [0.2, 0.25) is 11.8 Å². The van der Waals surface area contributed by atoms with E-state index in [1.165, 1.54) is 7.11 Å². The van der Waals surface area contributed by atoms with Crippen molar-refractivity contribution in [2.24, 2.45) is 11.8 Å². The highest BCUT2D eigenvalue weighted by Crippen LogP contribution is 2.46. The first-order valence-corrected chi connectivity index (χ1v) is 14.8. The number of para-hydroxylation sites is 1. The molecule has 3 aromatic rings. The Morgan fingerprint density at radius 2 is 1.93 bits per heavy atom. The third-order valence-corrected chi connectivity index (χ3v) is 7.76. The van der Waals surface area contributed by atoms with Crippen molar-refractivity contribution in [1.29, 1.82) is 0 Å². The lowest BCUT2D eigenvalue weighted by Gasteiger charge is -2.27. The van der Waals surface area contributed by atoms with Crippen LogP contribution in [-0.4, -0.2) is 51.4 Å². The van der Waals surface area contributed by atoms with Gasteiger partial charge in [-0.25, -0.2) is 9.55 Å². The Morgan fingerprint density at radius 3 is 2.60 bits per heavy atom. The highest BCUT2D eigenvalue weighted by atomic mass is 31.2. The number of fused-ring (bicyclic) bond motifs is 1. The van der Waals surface area contributed by atoms with Crippen LogP contribution in [0, 0.1) is 11.8 Å². The number of nitrogens with zero attached hydrogens (tertiary/aromatic N) is 4. The second-order valence-electron chi connectivity index (χ2n) is 10.4. The van der Waals surface area contributed by atoms with Gasteiger partial charge in [-0.3, -0.25) is 9.32 Å². The van der Waals surface area contributed by atoms with Crippen LogP contribution in [0.3, 0.4) is 0 Å². The van der Waals surface area contributed by atoms with Gasteiger partial charge < -0.3 is 24.3 Å². The van der Waals surface area contributed by atoms with Crippen molar-refractivity contribution in [3.63, 3.8) is 0 Å². The van der Waals surface area contributed by atoms with E-state index in [1.807, 2.05) is 36.6 Å². The number of esters is 1. The minimum absolute atomic E-state index is 0.0879. The molecule has 40 heavy (non-hydrogen) atoms. The Bertz CT molecular complexity index is 1380. The number of hydrogen-bond acceptors (Lipinski definition) is 10. The highest BCUT2D eigenvalue weighted by Gasteiger charge is 2.36. The molecule has 3 N–H and O–H groups in total. The maximum Gasteiger partial charge on any atom is 0.459 e. The lowest BCUT2D eigenvalue weighted by molar-refractivity contribution is -0.150. The summed E-state index contributed by atoms with van der Waals surface area (Å²) in [6.07, 6.45) is 6.38. The van der Waals surface area contributed by atoms with Crippen LogP contribution in [0.1, 0.15) is 46.6 Å². The molecule has 0 fully saturated rings. The quantitative estimate of drug-likeness (QED) is 0.167. The van der Waals surface area contributed by atoms with Crippen molar-refractivity contribution in [1.82, 2.24) is 24.6 Å². The number of nitrogens with one attached hydrogen (secondary N) is 1. The Hall–Kier alpha value is -3.47. The Labute approximate surface area is 233 Å². The van der Waals surface area contributed by atoms with Gasteiger partial charge in [0.1, 0.15) is 11.8 Å². The van der Waals surface area contributed by atoms with Crippen LogP contribution < -0.4 is 20.1 Å². The smallest absolute Gasteiger partial charge is 0.459 e. The molecule has 0 radical (unpaired) electrons. The molecule has 4 rings (SSSR count). The molecule has 1 aliphatic rings. The fraction of sp³-hybridized carbons (Fsp3) is 0.481. The molecular weight excluding hydrogens is 535 g/mol. The van der Waals surface area contributed by atoms with Crippen molar-refractivity contribution < 1.29 is 27.9 Å². The van der Waals surface area contributed by atoms with Gasteiger partial charge in [-0.1, -0.05) is 44.2 Å². The molecule has 0 bridgehead atoms. The van der Waals surface area contributed by atoms with Crippen LogP contribution in [-0.2, 0) is 18.6 Å². The average Bonchev–Trinajstić information content (AvgIpc) is 3.53. The van der Waals surface area contributed by atoms with Gasteiger partial charge in [0.15, 0.2) is 11.2 Å². The summed E-state index contributed by atoms with van der Waals surface area (Å²) < 4.78 is 38.5. The Balaban J connectivity index is 1.50. The predicted octanol–water partition coefficient (Wildman–Crippen LogP) is 4.69. The van der Waals surface area contributed by atoms with Gasteiger partial charge in [0.25, 0.3) is 0 Å². The predicted molar refractivity (Wildman–Crippen MR) is 151 cm³/mol.